The predicted octanol–water partition coefficient (Wildman–Crippen LogP) is 2.62. The molecule has 6 heteroatoms. The molecule has 5 nitrogen and oxygen atoms in total. The van der Waals surface area contributed by atoms with Gasteiger partial charge < -0.3 is 15.4 Å². The van der Waals surface area contributed by atoms with Crippen molar-refractivity contribution in [1.29, 1.82) is 0 Å². The Bertz CT molecular complexity index is 517. The van der Waals surface area contributed by atoms with Crippen LogP contribution in [0.4, 0.5) is 0 Å². The lowest BCUT2D eigenvalue weighted by Gasteiger charge is -2.31. The number of nitrogens with zero attached hydrogens (tertiary/aromatic N) is 1. The topological polar surface area (TPSA) is 53.6 Å². The molecule has 1 saturated heterocycles. The van der Waals surface area contributed by atoms with Gasteiger partial charge in [-0.15, -0.1) is 12.4 Å². The second-order valence-electron chi connectivity index (χ2n) is 6.28. The third-order valence-corrected chi connectivity index (χ3v) is 4.91. The Labute approximate surface area is 157 Å². The maximum atomic E-state index is 12.5. The number of hydrogen-bond acceptors (Lipinski definition) is 4. The monoisotopic (exact) mass is 369 g/mol. The van der Waals surface area contributed by atoms with Crippen LogP contribution < -0.4 is 15.4 Å². The van der Waals surface area contributed by atoms with Crippen molar-refractivity contribution < 1.29 is 9.53 Å². The highest BCUT2D eigenvalue weighted by molar-refractivity contribution is 5.85. The normalized spacial score (nSPS) is 16.2. The molecule has 2 rings (SSSR count). The van der Waals surface area contributed by atoms with Gasteiger partial charge in [0.25, 0.3) is 0 Å². The number of amides is 1. The van der Waals surface area contributed by atoms with Gasteiger partial charge in [0.1, 0.15) is 5.75 Å². The third-order valence-electron chi connectivity index (χ3n) is 4.91. The van der Waals surface area contributed by atoms with Crippen molar-refractivity contribution in [3.05, 3.63) is 29.8 Å². The highest BCUT2D eigenvalue weighted by Gasteiger charge is 2.24. The van der Waals surface area contributed by atoms with Gasteiger partial charge in [-0.3, -0.25) is 9.69 Å². The summed E-state index contributed by atoms with van der Waals surface area (Å²) in [5.41, 5.74) is 1.18. The summed E-state index contributed by atoms with van der Waals surface area (Å²) in [5, 5.41) is 6.50. The summed E-state index contributed by atoms with van der Waals surface area (Å²) in [6.07, 6.45) is 1.86. The van der Waals surface area contributed by atoms with Gasteiger partial charge in [-0.1, -0.05) is 26.0 Å². The number of carbonyl (C=O) groups is 1. The van der Waals surface area contributed by atoms with Gasteiger partial charge in [-0.05, 0) is 56.7 Å². The lowest BCUT2D eigenvalue weighted by Crippen LogP contribution is -2.42. The molecular formula is C19H32ClN3O2. The van der Waals surface area contributed by atoms with E-state index in [1.807, 2.05) is 12.1 Å². The molecule has 0 aliphatic carbocycles. The smallest absolute Gasteiger partial charge is 0.223 e. The molecule has 1 aliphatic rings. The highest BCUT2D eigenvalue weighted by Crippen LogP contribution is 2.24. The van der Waals surface area contributed by atoms with Crippen LogP contribution in [-0.2, 0) is 4.79 Å². The van der Waals surface area contributed by atoms with E-state index >= 15 is 0 Å². The fourth-order valence-electron chi connectivity index (χ4n) is 3.40. The number of nitrogens with one attached hydrogen (secondary N) is 2. The number of benzene rings is 1. The number of halogens is 1. The number of methoxy groups -OCH3 is 1. The number of rotatable bonds is 8. The van der Waals surface area contributed by atoms with Gasteiger partial charge in [0.05, 0.1) is 13.2 Å². The molecule has 0 saturated carbocycles. The molecule has 1 heterocycles. The average Bonchev–Trinajstić information content (AvgIpc) is 2.65. The first kappa shape index (κ1) is 21.7. The van der Waals surface area contributed by atoms with Crippen molar-refractivity contribution >= 4 is 18.3 Å². The standard InChI is InChI=1S/C19H31N3O2.ClH/c1-4-22(5-2)18(16-7-6-8-17(13-16)24-3)14-21-19(23)15-9-11-20-12-10-15;/h6-8,13,15,18,20H,4-5,9-12,14H2,1-3H3,(H,21,23);1H. The summed E-state index contributed by atoms with van der Waals surface area (Å²) in [4.78, 5) is 14.8. The largest absolute Gasteiger partial charge is 0.497 e. The second-order valence-corrected chi connectivity index (χ2v) is 6.28. The van der Waals surface area contributed by atoms with Crippen LogP contribution in [0.1, 0.15) is 38.3 Å². The lowest BCUT2D eigenvalue weighted by molar-refractivity contribution is -0.126. The fraction of sp³-hybridized carbons (Fsp3) is 0.632. The Balaban J connectivity index is 0.00000312. The van der Waals surface area contributed by atoms with Gasteiger partial charge in [0, 0.05) is 12.5 Å². The minimum Gasteiger partial charge on any atom is -0.497 e. The van der Waals surface area contributed by atoms with Crippen molar-refractivity contribution in [2.24, 2.45) is 5.92 Å². The van der Waals surface area contributed by atoms with Crippen LogP contribution in [0.25, 0.3) is 0 Å². The van der Waals surface area contributed by atoms with Crippen LogP contribution >= 0.6 is 12.4 Å². The van der Waals surface area contributed by atoms with Crippen molar-refractivity contribution in [1.82, 2.24) is 15.5 Å². The van der Waals surface area contributed by atoms with Gasteiger partial charge in [-0.25, -0.2) is 0 Å². The van der Waals surface area contributed by atoms with Crippen molar-refractivity contribution in [2.45, 2.75) is 32.7 Å². The number of hydrogen-bond donors (Lipinski definition) is 2. The van der Waals surface area contributed by atoms with Crippen LogP contribution in [-0.4, -0.2) is 50.6 Å². The van der Waals surface area contributed by atoms with Crippen molar-refractivity contribution in [2.75, 3.05) is 39.8 Å². The van der Waals surface area contributed by atoms with E-state index in [4.69, 9.17) is 4.74 Å². The molecular weight excluding hydrogens is 338 g/mol. The molecule has 1 aromatic carbocycles. The molecule has 2 N–H and O–H groups in total. The van der Waals surface area contributed by atoms with E-state index in [9.17, 15) is 4.79 Å². The van der Waals surface area contributed by atoms with Gasteiger partial charge >= 0.3 is 0 Å². The van der Waals surface area contributed by atoms with E-state index in [0.717, 1.165) is 44.8 Å². The van der Waals surface area contributed by atoms with E-state index < -0.39 is 0 Å². The van der Waals surface area contributed by atoms with Crippen LogP contribution in [0.2, 0.25) is 0 Å². The highest BCUT2D eigenvalue weighted by atomic mass is 35.5. The van der Waals surface area contributed by atoms with E-state index in [1.165, 1.54) is 5.56 Å². The maximum absolute atomic E-state index is 12.5. The quantitative estimate of drug-likeness (QED) is 0.739. The summed E-state index contributed by atoms with van der Waals surface area (Å²) >= 11 is 0. The molecule has 1 unspecified atom stereocenters. The molecule has 25 heavy (non-hydrogen) atoms. The predicted molar refractivity (Wildman–Crippen MR) is 105 cm³/mol. The molecule has 0 bridgehead atoms. The van der Waals surface area contributed by atoms with Gasteiger partial charge in [-0.2, -0.15) is 0 Å². The molecule has 1 aromatic rings. The minimum absolute atomic E-state index is 0. The first-order valence-corrected chi connectivity index (χ1v) is 9.06. The van der Waals surface area contributed by atoms with Crippen LogP contribution in [0, 0.1) is 5.92 Å². The zero-order valence-corrected chi connectivity index (χ0v) is 16.4. The van der Waals surface area contributed by atoms with Crippen LogP contribution in [0.5, 0.6) is 5.75 Å². The summed E-state index contributed by atoms with van der Waals surface area (Å²) in [5.74, 6) is 1.19. The lowest BCUT2D eigenvalue weighted by atomic mass is 9.97. The number of likely N-dealkylation sites (N-methyl/N-ethyl adjacent to an activating group) is 1. The average molecular weight is 370 g/mol. The fourth-order valence-corrected chi connectivity index (χ4v) is 3.40. The molecule has 1 amide bonds. The Morgan fingerprint density at radius 2 is 2.00 bits per heavy atom. The zero-order chi connectivity index (χ0) is 17.4. The molecule has 1 atom stereocenters. The number of piperidine rings is 1. The Kier molecular flexibility index (Phi) is 9.86. The summed E-state index contributed by atoms with van der Waals surface area (Å²) in [6.45, 7) is 8.72. The van der Waals surface area contributed by atoms with Gasteiger partial charge in [0.2, 0.25) is 5.91 Å². The van der Waals surface area contributed by atoms with Crippen LogP contribution in [0.15, 0.2) is 24.3 Å². The minimum atomic E-state index is 0. The molecule has 1 aliphatic heterocycles. The summed E-state index contributed by atoms with van der Waals surface area (Å²) in [6, 6.07) is 8.32. The molecule has 1 fully saturated rings. The molecule has 0 spiro atoms. The van der Waals surface area contributed by atoms with E-state index in [2.05, 4.69) is 41.5 Å². The SMILES string of the molecule is CCN(CC)C(CNC(=O)C1CCNCC1)c1cccc(OC)c1.Cl. The number of carbonyl (C=O) groups excluding carboxylic acids is 1. The number of ether oxygens (including phenoxy) is 1. The Hall–Kier alpha value is -1.30. The van der Waals surface area contributed by atoms with Gasteiger partial charge in [0.15, 0.2) is 0 Å². The third kappa shape index (κ3) is 6.17. The Morgan fingerprint density at radius 3 is 2.60 bits per heavy atom. The van der Waals surface area contributed by atoms with E-state index in [1.54, 1.807) is 7.11 Å². The first-order valence-electron chi connectivity index (χ1n) is 9.06. The first-order chi connectivity index (χ1) is 11.7. The van der Waals surface area contributed by atoms with E-state index in [0.29, 0.717) is 6.54 Å². The van der Waals surface area contributed by atoms with Crippen molar-refractivity contribution in [3.63, 3.8) is 0 Å². The molecule has 0 radical (unpaired) electrons. The van der Waals surface area contributed by atoms with E-state index in [-0.39, 0.29) is 30.3 Å². The van der Waals surface area contributed by atoms with Crippen molar-refractivity contribution in [3.8, 4) is 5.75 Å². The second kappa shape index (κ2) is 11.3. The zero-order valence-electron chi connectivity index (χ0n) is 15.6. The maximum Gasteiger partial charge on any atom is 0.223 e. The summed E-state index contributed by atoms with van der Waals surface area (Å²) < 4.78 is 5.36. The molecule has 142 valence electrons. The summed E-state index contributed by atoms with van der Waals surface area (Å²) in [7, 11) is 1.68. The van der Waals surface area contributed by atoms with Crippen LogP contribution in [0.3, 0.4) is 0 Å². The molecule has 0 aromatic heterocycles. The Morgan fingerprint density at radius 1 is 1.32 bits per heavy atom.